The molecule has 1 aliphatic rings. The Kier molecular flexibility index (Phi) is 5.95. The highest BCUT2D eigenvalue weighted by Crippen LogP contribution is 2.45. The molecule has 0 radical (unpaired) electrons. The number of hydrogen-bond acceptors (Lipinski definition) is 3. The van der Waals surface area contributed by atoms with E-state index in [1.807, 2.05) is 30.5 Å². The normalized spacial score (nSPS) is 18.6. The number of hydrogen-bond donors (Lipinski definition) is 0. The number of benzene rings is 2. The maximum atomic E-state index is 5.72. The van der Waals surface area contributed by atoms with Gasteiger partial charge in [-0.25, -0.2) is 0 Å². The van der Waals surface area contributed by atoms with E-state index in [9.17, 15) is 0 Å². The van der Waals surface area contributed by atoms with Crippen LogP contribution in [0.15, 0.2) is 45.9 Å². The minimum Gasteiger partial charge on any atom is -0.496 e. The molecule has 0 N–H and O–H groups in total. The van der Waals surface area contributed by atoms with E-state index < -0.39 is 0 Å². The third-order valence-corrected chi connectivity index (χ3v) is 5.89. The molecule has 4 heteroatoms. The zero-order valence-electron chi connectivity index (χ0n) is 16.9. The zero-order chi connectivity index (χ0) is 19.6. The first-order valence-electron chi connectivity index (χ1n) is 9.65. The van der Waals surface area contributed by atoms with E-state index in [4.69, 9.17) is 4.74 Å². The maximum absolute atomic E-state index is 5.72. The highest BCUT2D eigenvalue weighted by molar-refractivity contribution is 9.10. The second-order valence-electron chi connectivity index (χ2n) is 7.96. The van der Waals surface area contributed by atoms with Gasteiger partial charge in [-0.2, -0.15) is 0 Å². The molecule has 3 nitrogen and oxygen atoms in total. The lowest BCUT2D eigenvalue weighted by Gasteiger charge is -2.47. The first-order chi connectivity index (χ1) is 12.9. The van der Waals surface area contributed by atoms with Gasteiger partial charge in [0.2, 0.25) is 0 Å². The molecule has 0 saturated carbocycles. The van der Waals surface area contributed by atoms with Crippen molar-refractivity contribution in [3.8, 4) is 5.75 Å². The van der Waals surface area contributed by atoms with Gasteiger partial charge in [-0.15, -0.1) is 0 Å². The number of aliphatic imine (C=N–C) groups is 1. The number of methoxy groups -OCH3 is 1. The fourth-order valence-electron chi connectivity index (χ4n) is 4.12. The molecule has 0 fully saturated rings. The third kappa shape index (κ3) is 4.21. The van der Waals surface area contributed by atoms with Gasteiger partial charge in [0.25, 0.3) is 0 Å². The molecule has 0 aliphatic carbocycles. The smallest absolute Gasteiger partial charge is 0.129 e. The summed E-state index contributed by atoms with van der Waals surface area (Å²) < 4.78 is 6.78. The third-order valence-electron chi connectivity index (χ3n) is 5.36. The lowest BCUT2D eigenvalue weighted by molar-refractivity contribution is 0.372. The van der Waals surface area contributed by atoms with E-state index in [-0.39, 0.29) is 5.54 Å². The van der Waals surface area contributed by atoms with E-state index in [1.165, 1.54) is 11.3 Å². The minimum absolute atomic E-state index is 0.153. The summed E-state index contributed by atoms with van der Waals surface area (Å²) in [4.78, 5) is 7.19. The van der Waals surface area contributed by atoms with Crippen molar-refractivity contribution in [3.05, 3.63) is 52.0 Å². The van der Waals surface area contributed by atoms with Crippen molar-refractivity contribution in [1.29, 1.82) is 0 Å². The second kappa shape index (κ2) is 8.05. The molecule has 1 atom stereocenters. The van der Waals surface area contributed by atoms with Gasteiger partial charge in [0.05, 0.1) is 12.8 Å². The Morgan fingerprint density at radius 2 is 1.96 bits per heavy atom. The summed E-state index contributed by atoms with van der Waals surface area (Å²) in [5, 5.41) is 0. The van der Waals surface area contributed by atoms with Crippen LogP contribution in [-0.2, 0) is 0 Å². The topological polar surface area (TPSA) is 24.8 Å². The number of ether oxygens (including phenoxy) is 1. The highest BCUT2D eigenvalue weighted by Gasteiger charge is 2.36. The lowest BCUT2D eigenvalue weighted by atomic mass is 9.79. The van der Waals surface area contributed by atoms with Gasteiger partial charge in [0.1, 0.15) is 5.75 Å². The average Bonchev–Trinajstić information content (AvgIpc) is 2.63. The van der Waals surface area contributed by atoms with Crippen LogP contribution in [0.1, 0.15) is 57.6 Å². The predicted molar refractivity (Wildman–Crippen MR) is 119 cm³/mol. The summed E-state index contributed by atoms with van der Waals surface area (Å²) in [6, 6.07) is 12.5. The van der Waals surface area contributed by atoms with Crippen molar-refractivity contribution in [2.75, 3.05) is 18.6 Å². The summed E-state index contributed by atoms with van der Waals surface area (Å²) in [6.07, 6.45) is 4.20. The summed E-state index contributed by atoms with van der Waals surface area (Å²) in [5.41, 5.74) is 4.81. The van der Waals surface area contributed by atoms with Crippen LogP contribution >= 0.6 is 15.9 Å². The first kappa shape index (κ1) is 19.9. The van der Waals surface area contributed by atoms with Crippen molar-refractivity contribution in [3.63, 3.8) is 0 Å². The Morgan fingerprint density at radius 3 is 2.59 bits per heavy atom. The van der Waals surface area contributed by atoms with Gasteiger partial charge in [-0.1, -0.05) is 29.8 Å². The van der Waals surface area contributed by atoms with E-state index >= 15 is 0 Å². The Balaban J connectivity index is 2.03. The van der Waals surface area contributed by atoms with E-state index in [1.54, 1.807) is 7.11 Å². The van der Waals surface area contributed by atoms with Crippen molar-refractivity contribution in [2.45, 2.75) is 52.0 Å². The van der Waals surface area contributed by atoms with E-state index in [2.05, 4.69) is 65.6 Å². The van der Waals surface area contributed by atoms with Crippen molar-refractivity contribution < 1.29 is 4.74 Å². The lowest BCUT2D eigenvalue weighted by Crippen LogP contribution is -2.48. The molecule has 1 aliphatic heterocycles. The van der Waals surface area contributed by atoms with E-state index in [0.717, 1.165) is 40.9 Å². The minimum atomic E-state index is 0.153. The number of halogens is 1. The Morgan fingerprint density at radius 1 is 1.26 bits per heavy atom. The number of anilines is 1. The molecule has 0 bridgehead atoms. The SMILES string of the molecule is CCCN1c2cc(OC)c(C=Nc3ccc(Br)cc3)cc2C(C)CC1(C)C. The molecule has 0 spiro atoms. The van der Waals surface area contributed by atoms with Gasteiger partial charge in [0, 0.05) is 40.1 Å². The quantitative estimate of drug-likeness (QED) is 0.494. The number of rotatable bonds is 5. The van der Waals surface area contributed by atoms with Gasteiger partial charge >= 0.3 is 0 Å². The average molecular weight is 429 g/mol. The first-order valence-corrected chi connectivity index (χ1v) is 10.4. The molecular weight excluding hydrogens is 400 g/mol. The van der Waals surface area contributed by atoms with Crippen LogP contribution in [-0.4, -0.2) is 25.4 Å². The highest BCUT2D eigenvalue weighted by atomic mass is 79.9. The summed E-state index contributed by atoms with van der Waals surface area (Å²) in [6.45, 7) is 10.3. The summed E-state index contributed by atoms with van der Waals surface area (Å²) >= 11 is 3.46. The monoisotopic (exact) mass is 428 g/mol. The van der Waals surface area contributed by atoms with Crippen LogP contribution < -0.4 is 9.64 Å². The molecule has 2 aromatic carbocycles. The Labute approximate surface area is 171 Å². The largest absolute Gasteiger partial charge is 0.496 e. The standard InChI is InChI=1S/C23H29BrN2O/c1-6-11-26-21-13-22(27-5)17(12-20(21)16(2)14-23(26,3)4)15-25-19-9-7-18(24)8-10-19/h7-10,12-13,15-16H,6,11,14H2,1-5H3. The molecule has 27 heavy (non-hydrogen) atoms. The van der Waals surface area contributed by atoms with Crippen LogP contribution in [0.4, 0.5) is 11.4 Å². The van der Waals surface area contributed by atoms with Gasteiger partial charge in [-0.3, -0.25) is 4.99 Å². The van der Waals surface area contributed by atoms with Gasteiger partial charge in [-0.05, 0) is 68.5 Å². The van der Waals surface area contributed by atoms with Crippen molar-refractivity contribution >= 4 is 33.5 Å². The zero-order valence-corrected chi connectivity index (χ0v) is 18.5. The van der Waals surface area contributed by atoms with Crippen LogP contribution in [0.3, 0.4) is 0 Å². The van der Waals surface area contributed by atoms with Crippen LogP contribution in [0, 0.1) is 0 Å². The van der Waals surface area contributed by atoms with Crippen LogP contribution in [0.5, 0.6) is 5.75 Å². The Hall–Kier alpha value is -1.81. The molecule has 1 heterocycles. The summed E-state index contributed by atoms with van der Waals surface area (Å²) in [7, 11) is 1.74. The van der Waals surface area contributed by atoms with Gasteiger partial charge < -0.3 is 9.64 Å². The second-order valence-corrected chi connectivity index (χ2v) is 8.87. The molecule has 144 valence electrons. The molecule has 0 amide bonds. The molecule has 1 unspecified atom stereocenters. The fraction of sp³-hybridized carbons (Fsp3) is 0.435. The number of nitrogens with zero attached hydrogens (tertiary/aromatic N) is 2. The molecule has 0 saturated heterocycles. The fourth-order valence-corrected chi connectivity index (χ4v) is 4.39. The van der Waals surface area contributed by atoms with Crippen molar-refractivity contribution in [2.24, 2.45) is 4.99 Å². The van der Waals surface area contributed by atoms with Crippen LogP contribution in [0.2, 0.25) is 0 Å². The molecule has 2 aromatic rings. The predicted octanol–water partition coefficient (Wildman–Crippen LogP) is 6.71. The number of fused-ring (bicyclic) bond motifs is 1. The Bertz CT molecular complexity index is 827. The molecule has 3 rings (SSSR count). The molecule has 0 aromatic heterocycles. The van der Waals surface area contributed by atoms with E-state index in [0.29, 0.717) is 5.92 Å². The maximum Gasteiger partial charge on any atom is 0.129 e. The molecular formula is C23H29BrN2O. The summed E-state index contributed by atoms with van der Waals surface area (Å²) in [5.74, 6) is 1.38. The van der Waals surface area contributed by atoms with Crippen molar-refractivity contribution in [1.82, 2.24) is 0 Å². The van der Waals surface area contributed by atoms with Crippen LogP contribution in [0.25, 0.3) is 0 Å². The van der Waals surface area contributed by atoms with Gasteiger partial charge in [0.15, 0.2) is 0 Å².